The molecule has 0 aromatic rings. The van der Waals surface area contributed by atoms with Gasteiger partial charge in [-0.05, 0) is 133 Å². The molecule has 0 spiro atoms. The molecule has 71 heavy (non-hydrogen) atoms. The van der Waals surface area contributed by atoms with Gasteiger partial charge in [-0.2, -0.15) is 12.6 Å². The Labute approximate surface area is 459 Å². The van der Waals surface area contributed by atoms with Crippen molar-refractivity contribution in [2.75, 3.05) is 18.8 Å². The third-order valence-corrected chi connectivity index (χ3v) is 13.0. The molecule has 1 nitrogen and oxygen atoms in total. The highest BCUT2D eigenvalue weighted by Gasteiger charge is 2.35. The average Bonchev–Trinajstić information content (AvgIpc) is 3.39. The standard InChI is InChI=1S/C19H36.C11H17N.C10H19B.C10H20S.C9H18.C5H10.2C2H6/c1-5-8-10-11-12-14-15-18(4)17-19(7-3)16-13-9-6-2;1-5-9(2)11(4)6-7-12-8-10(11)3;2*1-2-3-4-5-6-7-8-9-10-11;1-3-5-7-9-8-6-4-2;1-3-5-4-2;2*1-2/h5,19H,1,4,6-17H2,2-3H3;1,10,12H,2,6-8H2,3-4H3;4-5H,2-3,6-10H2,1H3;4-5,11H,2-3,6-10H2,1H3;3H,1,4-9H2,2H3;3H,1,4-5H2,2H3;2*1-2H3/b;;2*5-4-;;;;. The van der Waals surface area contributed by atoms with Gasteiger partial charge in [0.25, 0.3) is 0 Å². The Morgan fingerprint density at radius 3 is 1.46 bits per heavy atom. The summed E-state index contributed by atoms with van der Waals surface area (Å²) < 4.78 is 0. The van der Waals surface area contributed by atoms with E-state index in [0.29, 0.717) is 5.92 Å². The van der Waals surface area contributed by atoms with Crippen LogP contribution >= 0.6 is 12.6 Å². The van der Waals surface area contributed by atoms with E-state index < -0.39 is 0 Å². The number of hydrogen-bond acceptors (Lipinski definition) is 2. The number of thiol groups is 1. The number of unbranched alkanes of at least 4 members (excludes halogenated alkanes) is 20. The van der Waals surface area contributed by atoms with Crippen LogP contribution in [0, 0.1) is 29.6 Å². The van der Waals surface area contributed by atoms with Gasteiger partial charge in [-0.3, -0.25) is 0 Å². The molecule has 1 rings (SSSR count). The quantitative estimate of drug-likeness (QED) is 0.0208. The summed E-state index contributed by atoms with van der Waals surface area (Å²) in [6.45, 7) is 47.2. The predicted molar refractivity (Wildman–Crippen MR) is 343 cm³/mol. The molecule has 0 bridgehead atoms. The lowest BCUT2D eigenvalue weighted by molar-refractivity contribution is 0.197. The summed E-state index contributed by atoms with van der Waals surface area (Å²) in [7, 11) is 5.37. The number of piperidine rings is 1. The summed E-state index contributed by atoms with van der Waals surface area (Å²) in [6, 6.07) is 0. The average molecular weight is 1010 g/mol. The molecule has 1 aliphatic heterocycles. The van der Waals surface area contributed by atoms with Crippen LogP contribution in [-0.4, -0.2) is 26.7 Å². The molecule has 3 atom stereocenters. The van der Waals surface area contributed by atoms with Crippen molar-refractivity contribution in [2.24, 2.45) is 17.3 Å². The highest BCUT2D eigenvalue weighted by atomic mass is 32.1. The van der Waals surface area contributed by atoms with Gasteiger partial charge >= 0.3 is 0 Å². The summed E-state index contributed by atoms with van der Waals surface area (Å²) >= 11 is 4.16. The number of hydrogen-bond donors (Lipinski definition) is 2. The van der Waals surface area contributed by atoms with Crippen LogP contribution in [0.15, 0.2) is 86.6 Å². The monoisotopic (exact) mass is 1010 g/mol. The molecule has 0 aromatic carbocycles. The maximum atomic E-state index is 5.38. The van der Waals surface area contributed by atoms with Crippen LogP contribution in [0.2, 0.25) is 6.32 Å². The number of rotatable bonds is 37. The van der Waals surface area contributed by atoms with Gasteiger partial charge in [0.05, 0.1) is 7.85 Å². The first-order valence-electron chi connectivity index (χ1n) is 30.5. The van der Waals surface area contributed by atoms with E-state index in [2.05, 4.69) is 136 Å². The fraction of sp³-hybridized carbons (Fsp3) is 0.765. The molecular weight excluding hydrogens is 874 g/mol. The van der Waals surface area contributed by atoms with Crippen molar-refractivity contribution in [3.8, 4) is 12.3 Å². The minimum absolute atomic E-state index is 0.153. The van der Waals surface area contributed by atoms with Crippen molar-refractivity contribution in [1.82, 2.24) is 5.32 Å². The fourth-order valence-corrected chi connectivity index (χ4v) is 7.67. The zero-order valence-electron chi connectivity index (χ0n) is 51.0. The minimum Gasteiger partial charge on any atom is -0.316 e. The Morgan fingerprint density at radius 1 is 0.620 bits per heavy atom. The molecule has 0 aromatic heterocycles. The minimum atomic E-state index is 0.153. The Kier molecular flexibility index (Phi) is 93.1. The molecule has 1 N–H and O–H groups in total. The molecule has 2 radical (unpaired) electrons. The van der Waals surface area contributed by atoms with E-state index in [1.54, 1.807) is 0 Å². The van der Waals surface area contributed by atoms with Gasteiger partial charge in [-0.25, -0.2) is 0 Å². The van der Waals surface area contributed by atoms with E-state index in [0.717, 1.165) is 49.5 Å². The SMILES string of the molecule is C#CC(=C)C1(C)CCNCC1C.C=CCCC.C=CCCCCCCC.C=CCCCCCCC(=C)CC(CC)CCCCC.CC.CC.CCC/C=C\CCCCCS.[B]CCCCC/C=C\CCC. The van der Waals surface area contributed by atoms with Crippen molar-refractivity contribution in [1.29, 1.82) is 0 Å². The van der Waals surface area contributed by atoms with Crippen LogP contribution in [0.4, 0.5) is 0 Å². The van der Waals surface area contributed by atoms with Crippen LogP contribution in [0.25, 0.3) is 0 Å². The van der Waals surface area contributed by atoms with Crippen LogP contribution in [0.5, 0.6) is 0 Å². The molecule has 0 saturated carbocycles. The molecule has 418 valence electrons. The van der Waals surface area contributed by atoms with Gasteiger partial charge in [0, 0.05) is 11.0 Å². The van der Waals surface area contributed by atoms with Crippen LogP contribution in [-0.2, 0) is 0 Å². The van der Waals surface area contributed by atoms with E-state index in [-0.39, 0.29) is 5.41 Å². The van der Waals surface area contributed by atoms with Gasteiger partial charge in [0.1, 0.15) is 0 Å². The molecule has 0 aliphatic carbocycles. The Bertz CT molecular complexity index is 1090. The normalized spacial score (nSPS) is 14.6. The van der Waals surface area contributed by atoms with Crippen molar-refractivity contribution in [2.45, 2.75) is 301 Å². The maximum Gasteiger partial charge on any atom is 0.0653 e. The molecule has 1 fully saturated rings. The first-order valence-corrected chi connectivity index (χ1v) is 31.1. The first-order chi connectivity index (χ1) is 34.5. The van der Waals surface area contributed by atoms with Gasteiger partial charge in [0.2, 0.25) is 0 Å². The summed E-state index contributed by atoms with van der Waals surface area (Å²) in [5.41, 5.74) is 2.60. The van der Waals surface area contributed by atoms with E-state index in [9.17, 15) is 0 Å². The topological polar surface area (TPSA) is 12.0 Å². The van der Waals surface area contributed by atoms with Gasteiger partial charge in [-0.15, -0.1) is 26.2 Å². The van der Waals surface area contributed by atoms with E-state index in [1.807, 2.05) is 45.9 Å². The third-order valence-electron chi connectivity index (χ3n) is 12.6. The summed E-state index contributed by atoms with van der Waals surface area (Å²) in [4.78, 5) is 0. The molecule has 1 heterocycles. The Hall–Kier alpha value is -1.89. The molecule has 3 unspecified atom stereocenters. The third kappa shape index (κ3) is 74.7. The maximum absolute atomic E-state index is 5.38. The van der Waals surface area contributed by atoms with Gasteiger partial charge in [-0.1, -0.05) is 266 Å². The van der Waals surface area contributed by atoms with E-state index in [4.69, 9.17) is 14.3 Å². The lowest BCUT2D eigenvalue weighted by Crippen LogP contribution is -2.42. The highest BCUT2D eigenvalue weighted by Crippen LogP contribution is 2.39. The van der Waals surface area contributed by atoms with Crippen LogP contribution in [0.3, 0.4) is 0 Å². The van der Waals surface area contributed by atoms with Crippen LogP contribution < -0.4 is 5.32 Å². The van der Waals surface area contributed by atoms with Gasteiger partial charge < -0.3 is 5.32 Å². The molecule has 1 aliphatic rings. The second-order valence-corrected chi connectivity index (χ2v) is 19.6. The predicted octanol–water partition coefficient (Wildman–Crippen LogP) is 23.8. The zero-order valence-corrected chi connectivity index (χ0v) is 51.9. The molecule has 0 amide bonds. The molecule has 1 saturated heterocycles. The van der Waals surface area contributed by atoms with Gasteiger partial charge in [0.15, 0.2) is 0 Å². The second kappa shape index (κ2) is 79.5. The number of terminal acetylenes is 1. The van der Waals surface area contributed by atoms with Crippen LogP contribution in [0.1, 0.15) is 295 Å². The van der Waals surface area contributed by atoms with E-state index in [1.165, 1.54) is 205 Å². The first kappa shape index (κ1) is 83.1. The summed E-state index contributed by atoms with van der Waals surface area (Å²) in [5, 5.41) is 3.36. The Morgan fingerprint density at radius 2 is 1.06 bits per heavy atom. The molecule has 3 heteroatoms. The smallest absolute Gasteiger partial charge is 0.0653 e. The van der Waals surface area contributed by atoms with Crippen molar-refractivity contribution in [3.05, 3.63) is 86.6 Å². The van der Waals surface area contributed by atoms with Crippen molar-refractivity contribution < 1.29 is 0 Å². The van der Waals surface area contributed by atoms with E-state index >= 15 is 0 Å². The second-order valence-electron chi connectivity index (χ2n) is 19.2. The number of allylic oxidation sites excluding steroid dienone is 9. The number of nitrogens with one attached hydrogen (secondary N) is 1. The Balaban J connectivity index is -0.000000141. The fourth-order valence-electron chi connectivity index (χ4n) is 7.45. The summed E-state index contributed by atoms with van der Waals surface area (Å²) in [6.07, 6.45) is 64.1. The zero-order chi connectivity index (χ0) is 55.3. The highest BCUT2D eigenvalue weighted by molar-refractivity contribution is 7.80. The van der Waals surface area contributed by atoms with Crippen molar-refractivity contribution >= 4 is 20.5 Å². The summed E-state index contributed by atoms with van der Waals surface area (Å²) in [5.74, 6) is 5.20. The van der Waals surface area contributed by atoms with Crippen molar-refractivity contribution in [3.63, 3.8) is 0 Å². The lowest BCUT2D eigenvalue weighted by Gasteiger charge is -2.40. The lowest BCUT2D eigenvalue weighted by atomic mass is 9.69. The molecular formula is C68H132BNS. The largest absolute Gasteiger partial charge is 0.316 e.